The number of fused-ring (bicyclic) bond motifs is 2. The van der Waals surface area contributed by atoms with Crippen molar-refractivity contribution in [3.8, 4) is 0 Å². The summed E-state index contributed by atoms with van der Waals surface area (Å²) in [5.41, 5.74) is 0.260. The molecule has 108 valence electrons. The Bertz CT molecular complexity index is 822. The first-order valence-electron chi connectivity index (χ1n) is 6.66. The minimum atomic E-state index is -0.574. The van der Waals surface area contributed by atoms with Gasteiger partial charge < -0.3 is 9.67 Å². The van der Waals surface area contributed by atoms with Crippen LogP contribution < -0.4 is 5.43 Å². The lowest BCUT2D eigenvalue weighted by atomic mass is 10.1. The molecule has 0 atom stereocenters. The number of rotatable bonds is 3. The zero-order chi connectivity index (χ0) is 15.1. The van der Waals surface area contributed by atoms with Gasteiger partial charge in [0, 0.05) is 25.6 Å². The predicted octanol–water partition coefficient (Wildman–Crippen LogP) is 0.517. The maximum atomic E-state index is 12.5. The molecule has 1 N–H and O–H groups in total. The van der Waals surface area contributed by atoms with Crippen LogP contribution >= 0.6 is 0 Å². The standard InChI is InChI=1S/C15H14N2O4/c1-16-10-6-3-2-5-9(10)13(19)11-12(16)15(21)17(14(11)20)7-4-8-18/h2-3,5-6,18H,4,7-8H2,1H3. The Labute approximate surface area is 120 Å². The number of carbonyl (C=O) groups excluding carboxylic acids is 2. The van der Waals surface area contributed by atoms with E-state index in [9.17, 15) is 14.4 Å². The Hall–Kier alpha value is -2.47. The number of carbonyl (C=O) groups is 2. The van der Waals surface area contributed by atoms with E-state index in [1.54, 1.807) is 35.9 Å². The van der Waals surface area contributed by atoms with Gasteiger partial charge in [0.1, 0.15) is 11.3 Å². The molecule has 21 heavy (non-hydrogen) atoms. The quantitative estimate of drug-likeness (QED) is 0.834. The zero-order valence-corrected chi connectivity index (χ0v) is 11.5. The van der Waals surface area contributed by atoms with Gasteiger partial charge in [-0.05, 0) is 18.6 Å². The normalized spacial score (nSPS) is 14.1. The van der Waals surface area contributed by atoms with Crippen LogP contribution in [0.4, 0.5) is 0 Å². The second-order valence-electron chi connectivity index (χ2n) is 4.97. The molecule has 0 fully saturated rings. The first-order chi connectivity index (χ1) is 10.1. The van der Waals surface area contributed by atoms with E-state index in [1.807, 2.05) is 0 Å². The number of aliphatic hydroxyl groups is 1. The number of pyridine rings is 1. The average Bonchev–Trinajstić information content (AvgIpc) is 2.74. The number of benzene rings is 1. The largest absolute Gasteiger partial charge is 0.396 e. The third-order valence-electron chi connectivity index (χ3n) is 3.76. The number of aliphatic hydroxyl groups excluding tert-OH is 1. The molecule has 0 saturated carbocycles. The van der Waals surface area contributed by atoms with Crippen molar-refractivity contribution >= 4 is 22.7 Å². The highest BCUT2D eigenvalue weighted by molar-refractivity contribution is 6.21. The van der Waals surface area contributed by atoms with E-state index in [1.165, 1.54) is 0 Å². The lowest BCUT2D eigenvalue weighted by molar-refractivity contribution is 0.0642. The molecule has 0 radical (unpaired) electrons. The summed E-state index contributed by atoms with van der Waals surface area (Å²) < 4.78 is 1.59. The van der Waals surface area contributed by atoms with Crippen molar-refractivity contribution in [2.45, 2.75) is 6.42 Å². The molecule has 1 aliphatic heterocycles. The lowest BCUT2D eigenvalue weighted by Crippen LogP contribution is -2.32. The smallest absolute Gasteiger partial charge is 0.278 e. The Morgan fingerprint density at radius 3 is 2.52 bits per heavy atom. The maximum Gasteiger partial charge on any atom is 0.278 e. The second kappa shape index (κ2) is 4.82. The van der Waals surface area contributed by atoms with Crippen LogP contribution in [0, 0.1) is 0 Å². The predicted molar refractivity (Wildman–Crippen MR) is 76.3 cm³/mol. The van der Waals surface area contributed by atoms with Gasteiger partial charge in [-0.15, -0.1) is 0 Å². The highest BCUT2D eigenvalue weighted by atomic mass is 16.3. The molecule has 2 amide bonds. The molecule has 6 heteroatoms. The molecule has 2 aromatic rings. The summed E-state index contributed by atoms with van der Waals surface area (Å²) >= 11 is 0. The van der Waals surface area contributed by atoms with Crippen LogP contribution in [0.25, 0.3) is 10.9 Å². The minimum Gasteiger partial charge on any atom is -0.396 e. The van der Waals surface area contributed by atoms with Gasteiger partial charge in [-0.25, -0.2) is 0 Å². The van der Waals surface area contributed by atoms with Crippen molar-refractivity contribution in [3.63, 3.8) is 0 Å². The molecule has 1 aromatic heterocycles. The fraction of sp³-hybridized carbons (Fsp3) is 0.267. The summed E-state index contributed by atoms with van der Waals surface area (Å²) in [6.07, 6.45) is 0.295. The summed E-state index contributed by atoms with van der Waals surface area (Å²) in [6, 6.07) is 6.89. The van der Waals surface area contributed by atoms with Crippen molar-refractivity contribution in [1.29, 1.82) is 0 Å². The van der Waals surface area contributed by atoms with Gasteiger partial charge in [-0.2, -0.15) is 0 Å². The topological polar surface area (TPSA) is 79.6 Å². The van der Waals surface area contributed by atoms with Crippen LogP contribution in [0.2, 0.25) is 0 Å². The Balaban J connectivity index is 2.28. The second-order valence-corrected chi connectivity index (χ2v) is 4.97. The highest BCUT2D eigenvalue weighted by Gasteiger charge is 2.39. The van der Waals surface area contributed by atoms with E-state index in [-0.39, 0.29) is 24.4 Å². The number of para-hydroxylation sites is 1. The summed E-state index contributed by atoms with van der Waals surface area (Å²) in [7, 11) is 1.67. The van der Waals surface area contributed by atoms with Crippen molar-refractivity contribution in [3.05, 3.63) is 45.7 Å². The fourth-order valence-electron chi connectivity index (χ4n) is 2.72. The highest BCUT2D eigenvalue weighted by Crippen LogP contribution is 2.23. The zero-order valence-electron chi connectivity index (χ0n) is 11.5. The number of amides is 2. The number of hydrogen-bond acceptors (Lipinski definition) is 4. The molecule has 0 aliphatic carbocycles. The van der Waals surface area contributed by atoms with Gasteiger partial charge in [0.05, 0.1) is 5.52 Å². The Morgan fingerprint density at radius 2 is 1.81 bits per heavy atom. The summed E-state index contributed by atoms with van der Waals surface area (Å²) in [6.45, 7) is -0.00955. The number of hydrogen-bond donors (Lipinski definition) is 1. The minimum absolute atomic E-state index is 0.0702. The van der Waals surface area contributed by atoms with Crippen LogP contribution in [-0.4, -0.2) is 39.5 Å². The molecule has 0 bridgehead atoms. The molecule has 0 spiro atoms. The first-order valence-corrected chi connectivity index (χ1v) is 6.66. The van der Waals surface area contributed by atoms with Crippen molar-refractivity contribution in [2.75, 3.05) is 13.2 Å². The van der Waals surface area contributed by atoms with Crippen molar-refractivity contribution < 1.29 is 14.7 Å². The van der Waals surface area contributed by atoms with Gasteiger partial charge in [0.2, 0.25) is 5.43 Å². The van der Waals surface area contributed by atoms with E-state index < -0.39 is 17.2 Å². The summed E-state index contributed by atoms with van der Waals surface area (Å²) in [5, 5.41) is 9.28. The summed E-state index contributed by atoms with van der Waals surface area (Å²) in [5.74, 6) is -1.05. The van der Waals surface area contributed by atoms with E-state index in [4.69, 9.17) is 5.11 Å². The molecule has 0 saturated heterocycles. The monoisotopic (exact) mass is 286 g/mol. The van der Waals surface area contributed by atoms with Gasteiger partial charge in [-0.1, -0.05) is 12.1 Å². The number of aromatic nitrogens is 1. The van der Waals surface area contributed by atoms with Crippen LogP contribution in [0.15, 0.2) is 29.1 Å². The molecule has 3 rings (SSSR count). The van der Waals surface area contributed by atoms with E-state index in [0.717, 1.165) is 4.90 Å². The van der Waals surface area contributed by atoms with Gasteiger partial charge >= 0.3 is 0 Å². The average molecular weight is 286 g/mol. The van der Waals surface area contributed by atoms with Crippen molar-refractivity contribution in [2.24, 2.45) is 7.05 Å². The number of nitrogens with zero attached hydrogens (tertiary/aromatic N) is 2. The van der Waals surface area contributed by atoms with E-state index >= 15 is 0 Å². The van der Waals surface area contributed by atoms with Gasteiger partial charge in [0.25, 0.3) is 11.8 Å². The third-order valence-corrected chi connectivity index (χ3v) is 3.76. The molecule has 1 aromatic carbocycles. The SMILES string of the molecule is Cn1c2c(c(=O)c3ccccc31)C(=O)N(CCCO)C2=O. The van der Waals surface area contributed by atoms with E-state index in [0.29, 0.717) is 17.3 Å². The van der Waals surface area contributed by atoms with E-state index in [2.05, 4.69) is 0 Å². The number of aryl methyl sites for hydroxylation is 1. The van der Waals surface area contributed by atoms with Gasteiger partial charge in [-0.3, -0.25) is 19.3 Å². The lowest BCUT2D eigenvalue weighted by Gasteiger charge is -2.12. The molecule has 1 aliphatic rings. The number of imide groups is 1. The maximum absolute atomic E-state index is 12.5. The third kappa shape index (κ3) is 1.80. The van der Waals surface area contributed by atoms with Crippen molar-refractivity contribution in [1.82, 2.24) is 9.47 Å². The van der Waals surface area contributed by atoms with Crippen LogP contribution in [-0.2, 0) is 7.05 Å². The summed E-state index contributed by atoms with van der Waals surface area (Å²) in [4.78, 5) is 38.2. The van der Waals surface area contributed by atoms with Crippen LogP contribution in [0.5, 0.6) is 0 Å². The fourth-order valence-corrected chi connectivity index (χ4v) is 2.72. The molecule has 6 nitrogen and oxygen atoms in total. The van der Waals surface area contributed by atoms with Crippen LogP contribution in [0.1, 0.15) is 27.3 Å². The Kier molecular flexibility index (Phi) is 3.10. The molecule has 0 unspecified atom stereocenters. The molecular formula is C15H14N2O4. The Morgan fingerprint density at radius 1 is 1.10 bits per heavy atom. The molecule has 2 heterocycles. The van der Waals surface area contributed by atoms with Crippen LogP contribution in [0.3, 0.4) is 0 Å². The first kappa shape index (κ1) is 13.5. The van der Waals surface area contributed by atoms with Gasteiger partial charge in [0.15, 0.2) is 0 Å². The molecular weight excluding hydrogens is 272 g/mol.